The van der Waals surface area contributed by atoms with Gasteiger partial charge in [0.15, 0.2) is 0 Å². The van der Waals surface area contributed by atoms with Crippen LogP contribution in [0.25, 0.3) is 0 Å². The molecule has 4 fully saturated rings. The number of benzene rings is 1. The molecule has 0 radical (unpaired) electrons. The number of likely N-dealkylation sites (tertiary alicyclic amines) is 1. The van der Waals surface area contributed by atoms with E-state index in [0.717, 1.165) is 18.7 Å². The smallest absolute Gasteiger partial charge is 0.245 e. The lowest BCUT2D eigenvalue weighted by atomic mass is 9.65. The molecule has 4 saturated heterocycles. The maximum absolute atomic E-state index is 13.8. The number of aliphatic hydroxyl groups excluding tert-OH is 1. The fraction of sp³-hybridized carbons (Fsp3) is 0.667. The van der Waals surface area contributed by atoms with Gasteiger partial charge in [0.1, 0.15) is 11.6 Å². The molecule has 5 rings (SSSR count). The predicted octanol–water partition coefficient (Wildman–Crippen LogP) is -0.102. The fourth-order valence-corrected chi connectivity index (χ4v) is 6.92. The zero-order valence-electron chi connectivity index (χ0n) is 21.5. The molecule has 10 nitrogen and oxygen atoms in total. The van der Waals surface area contributed by atoms with E-state index in [4.69, 9.17) is 9.47 Å². The molecule has 37 heavy (non-hydrogen) atoms. The lowest BCUT2D eigenvalue weighted by molar-refractivity contribution is -0.148. The summed E-state index contributed by atoms with van der Waals surface area (Å²) in [5.41, 5.74) is -0.879. The van der Waals surface area contributed by atoms with E-state index in [9.17, 15) is 19.5 Å². The number of nitrogens with zero attached hydrogens (tertiary/aromatic N) is 2. The van der Waals surface area contributed by atoms with E-state index in [1.807, 2.05) is 37.3 Å². The van der Waals surface area contributed by atoms with Crippen LogP contribution < -0.4 is 10.6 Å². The fourth-order valence-electron chi connectivity index (χ4n) is 6.92. The molecule has 202 valence electrons. The van der Waals surface area contributed by atoms with Gasteiger partial charge in [-0.2, -0.15) is 0 Å². The normalized spacial score (nSPS) is 33.0. The zero-order chi connectivity index (χ0) is 26.0. The van der Waals surface area contributed by atoms with Crippen molar-refractivity contribution in [2.24, 2.45) is 11.8 Å². The standard InChI is InChI=1S/C27H38N4O6/c1-2-26-8-9-27(37-26)21(20(26)23(33)29-18-19-6-4-3-5-7-19)25(35)31(12-15-32)22(27)24(34)28-10-11-30-13-16-36-17-14-30/h3-7,20-22,32H,2,8-18H2,1H3,(H,28,34)(H,29,33)/t20-,21+,22?,26+,27?/m1/s1. The number of rotatable bonds is 10. The Labute approximate surface area is 217 Å². The van der Waals surface area contributed by atoms with Crippen LogP contribution in [0.3, 0.4) is 0 Å². The van der Waals surface area contributed by atoms with Gasteiger partial charge in [0.2, 0.25) is 17.7 Å². The lowest BCUT2D eigenvalue weighted by Gasteiger charge is -2.34. The van der Waals surface area contributed by atoms with E-state index in [1.54, 1.807) is 0 Å². The van der Waals surface area contributed by atoms with Crippen LogP contribution in [-0.2, 0) is 30.4 Å². The molecular formula is C27H38N4O6. The van der Waals surface area contributed by atoms with Crippen LogP contribution >= 0.6 is 0 Å². The van der Waals surface area contributed by atoms with Gasteiger partial charge in [-0.15, -0.1) is 0 Å². The van der Waals surface area contributed by atoms with Gasteiger partial charge in [0.25, 0.3) is 0 Å². The average molecular weight is 515 g/mol. The highest BCUT2D eigenvalue weighted by Crippen LogP contribution is 2.64. The molecule has 4 heterocycles. The molecule has 0 aliphatic carbocycles. The van der Waals surface area contributed by atoms with Gasteiger partial charge in [0, 0.05) is 39.3 Å². The third kappa shape index (κ3) is 4.54. The van der Waals surface area contributed by atoms with E-state index < -0.39 is 29.1 Å². The highest BCUT2D eigenvalue weighted by atomic mass is 16.5. The summed E-state index contributed by atoms with van der Waals surface area (Å²) in [5, 5.41) is 15.8. The first-order valence-corrected chi connectivity index (χ1v) is 13.5. The van der Waals surface area contributed by atoms with Crippen LogP contribution in [0.5, 0.6) is 0 Å². The molecule has 1 spiro atoms. The molecule has 1 aromatic carbocycles. The Morgan fingerprint density at radius 2 is 1.84 bits per heavy atom. The highest BCUT2D eigenvalue weighted by molar-refractivity contribution is 5.99. The van der Waals surface area contributed by atoms with E-state index in [0.29, 0.717) is 52.1 Å². The van der Waals surface area contributed by atoms with Crippen molar-refractivity contribution >= 4 is 17.7 Å². The third-order valence-electron chi connectivity index (χ3n) is 8.69. The number of hydrogen-bond donors (Lipinski definition) is 3. The average Bonchev–Trinajstić information content (AvgIpc) is 3.52. The van der Waals surface area contributed by atoms with Crippen LogP contribution in [0.4, 0.5) is 0 Å². The van der Waals surface area contributed by atoms with Crippen LogP contribution in [0.15, 0.2) is 30.3 Å². The van der Waals surface area contributed by atoms with E-state index in [-0.39, 0.29) is 30.9 Å². The molecule has 4 aliphatic heterocycles. The van der Waals surface area contributed by atoms with Crippen molar-refractivity contribution in [2.75, 3.05) is 52.5 Å². The summed E-state index contributed by atoms with van der Waals surface area (Å²) in [6.07, 6.45) is 1.72. The number of ether oxygens (including phenoxy) is 2. The minimum absolute atomic E-state index is 0.0273. The molecule has 5 atom stereocenters. The largest absolute Gasteiger partial charge is 0.395 e. The lowest BCUT2D eigenvalue weighted by Crippen LogP contribution is -2.56. The quantitative estimate of drug-likeness (QED) is 0.399. The van der Waals surface area contributed by atoms with Gasteiger partial charge in [0.05, 0.1) is 37.3 Å². The van der Waals surface area contributed by atoms with Crippen LogP contribution in [0, 0.1) is 11.8 Å². The molecule has 2 unspecified atom stereocenters. The van der Waals surface area contributed by atoms with Crippen LogP contribution in [0.1, 0.15) is 31.7 Å². The van der Waals surface area contributed by atoms with Gasteiger partial charge in [-0.25, -0.2) is 0 Å². The highest BCUT2D eigenvalue weighted by Gasteiger charge is 2.78. The molecule has 3 amide bonds. The van der Waals surface area contributed by atoms with Crippen molar-refractivity contribution < 1.29 is 29.0 Å². The third-order valence-corrected chi connectivity index (χ3v) is 8.69. The predicted molar refractivity (Wildman–Crippen MR) is 134 cm³/mol. The Kier molecular flexibility index (Phi) is 7.53. The summed E-state index contributed by atoms with van der Waals surface area (Å²) in [6, 6.07) is 8.76. The van der Waals surface area contributed by atoms with Gasteiger partial charge in [-0.05, 0) is 24.8 Å². The Morgan fingerprint density at radius 1 is 1.08 bits per heavy atom. The van der Waals surface area contributed by atoms with Gasteiger partial charge in [-0.1, -0.05) is 37.3 Å². The van der Waals surface area contributed by atoms with Gasteiger partial charge >= 0.3 is 0 Å². The van der Waals surface area contributed by atoms with E-state index >= 15 is 0 Å². The zero-order valence-corrected chi connectivity index (χ0v) is 21.5. The van der Waals surface area contributed by atoms with Gasteiger partial charge in [-0.3, -0.25) is 19.3 Å². The van der Waals surface area contributed by atoms with Gasteiger partial charge < -0.3 is 30.1 Å². The monoisotopic (exact) mass is 514 g/mol. The summed E-state index contributed by atoms with van der Waals surface area (Å²) in [7, 11) is 0. The summed E-state index contributed by atoms with van der Waals surface area (Å²) >= 11 is 0. The van der Waals surface area contributed by atoms with Crippen molar-refractivity contribution in [2.45, 2.75) is 50.0 Å². The van der Waals surface area contributed by atoms with Crippen molar-refractivity contribution in [1.82, 2.24) is 20.4 Å². The maximum Gasteiger partial charge on any atom is 0.245 e. The molecule has 3 N–H and O–H groups in total. The Hall–Kier alpha value is -2.53. The molecule has 0 saturated carbocycles. The number of carbonyl (C=O) groups excluding carboxylic acids is 3. The molecule has 2 bridgehead atoms. The molecule has 0 aromatic heterocycles. The minimum atomic E-state index is -1.07. The SMILES string of the molecule is CC[C@@]12CCC3(O1)C(C(=O)NCCN1CCOCC1)N(CCO)C(=O)[C@@H]3[C@@H]2C(=O)NCc1ccccc1. The van der Waals surface area contributed by atoms with Crippen molar-refractivity contribution in [3.63, 3.8) is 0 Å². The first kappa shape index (κ1) is 26.1. The second kappa shape index (κ2) is 10.7. The first-order chi connectivity index (χ1) is 18.0. The number of morpholine rings is 1. The summed E-state index contributed by atoms with van der Waals surface area (Å²) in [6.45, 7) is 6.23. The number of amides is 3. The summed E-state index contributed by atoms with van der Waals surface area (Å²) in [4.78, 5) is 44.7. The van der Waals surface area contributed by atoms with Crippen molar-refractivity contribution in [3.8, 4) is 0 Å². The van der Waals surface area contributed by atoms with Crippen molar-refractivity contribution in [1.29, 1.82) is 0 Å². The van der Waals surface area contributed by atoms with Crippen LogP contribution in [0.2, 0.25) is 0 Å². The van der Waals surface area contributed by atoms with Crippen LogP contribution in [-0.4, -0.2) is 102 Å². The number of fused-ring (bicyclic) bond motifs is 1. The Bertz CT molecular complexity index is 1000. The Balaban J connectivity index is 1.36. The number of β-amino-alcohol motifs (C(OH)–C–C–N with tert-alkyl or cyclic N) is 1. The maximum atomic E-state index is 13.8. The molecule has 1 aromatic rings. The topological polar surface area (TPSA) is 120 Å². The van der Waals surface area contributed by atoms with Crippen molar-refractivity contribution in [3.05, 3.63) is 35.9 Å². The second-order valence-corrected chi connectivity index (χ2v) is 10.5. The van der Waals surface area contributed by atoms with E-state index in [2.05, 4.69) is 15.5 Å². The number of carbonyl (C=O) groups is 3. The first-order valence-electron chi connectivity index (χ1n) is 13.5. The molecular weight excluding hydrogens is 476 g/mol. The summed E-state index contributed by atoms with van der Waals surface area (Å²) in [5.74, 6) is -2.22. The number of nitrogens with one attached hydrogen (secondary N) is 2. The number of hydrogen-bond acceptors (Lipinski definition) is 7. The molecule has 4 aliphatic rings. The Morgan fingerprint density at radius 3 is 2.54 bits per heavy atom. The number of aliphatic hydroxyl groups is 1. The molecule has 10 heteroatoms. The van der Waals surface area contributed by atoms with E-state index in [1.165, 1.54) is 4.90 Å². The summed E-state index contributed by atoms with van der Waals surface area (Å²) < 4.78 is 12.1. The minimum Gasteiger partial charge on any atom is -0.395 e. The second-order valence-electron chi connectivity index (χ2n) is 10.5.